The van der Waals surface area contributed by atoms with Crippen LogP contribution >= 0.6 is 0 Å². The summed E-state index contributed by atoms with van der Waals surface area (Å²) in [5, 5.41) is 11.7. The molecule has 0 fully saturated rings. The molecule has 138 valence electrons. The van der Waals surface area contributed by atoms with Crippen molar-refractivity contribution in [2.24, 2.45) is 0 Å². The van der Waals surface area contributed by atoms with Crippen molar-refractivity contribution in [3.63, 3.8) is 0 Å². The summed E-state index contributed by atoms with van der Waals surface area (Å²) in [4.78, 5) is 37.1. The number of hydrogen-bond donors (Lipinski definition) is 2. The topological polar surface area (TPSA) is 99.9 Å². The first-order valence-electron chi connectivity index (χ1n) is 8.11. The molecule has 0 atom stereocenters. The Bertz CT molecular complexity index is 854. The normalized spacial score (nSPS) is 10.5. The van der Waals surface area contributed by atoms with Crippen LogP contribution in [0.15, 0.2) is 28.9 Å². The number of nitrogens with one attached hydrogen (secondary N) is 1. The van der Waals surface area contributed by atoms with Gasteiger partial charge in [0.05, 0.1) is 18.4 Å². The summed E-state index contributed by atoms with van der Waals surface area (Å²) in [7, 11) is 1.49. The van der Waals surface area contributed by atoms with E-state index < -0.39 is 18.3 Å². The molecule has 26 heavy (non-hydrogen) atoms. The molecular weight excluding hydrogens is 336 g/mol. The lowest BCUT2D eigenvalue weighted by atomic mass is 10.1. The number of likely N-dealkylation sites (N-methyl/N-ethyl adjacent to an activating group) is 1. The monoisotopic (exact) mass is 358 g/mol. The SMILES string of the molecule is Cc1cccc(NC(=O)CN(C)C(=O)c2c(C)coc2CC(=O)O)c1C. The number of furan rings is 1. The number of rotatable bonds is 6. The average Bonchev–Trinajstić information content (AvgIpc) is 2.90. The van der Waals surface area contributed by atoms with E-state index in [1.165, 1.54) is 18.2 Å². The molecule has 0 aliphatic rings. The lowest BCUT2D eigenvalue weighted by molar-refractivity contribution is -0.136. The lowest BCUT2D eigenvalue weighted by Gasteiger charge is -2.18. The zero-order chi connectivity index (χ0) is 19.4. The van der Waals surface area contributed by atoms with Gasteiger partial charge in [-0.05, 0) is 38.0 Å². The second-order valence-corrected chi connectivity index (χ2v) is 6.24. The van der Waals surface area contributed by atoms with Gasteiger partial charge in [0.1, 0.15) is 12.2 Å². The number of carbonyl (C=O) groups is 3. The van der Waals surface area contributed by atoms with Crippen molar-refractivity contribution in [2.75, 3.05) is 18.9 Å². The molecule has 1 aromatic carbocycles. The van der Waals surface area contributed by atoms with Gasteiger partial charge < -0.3 is 19.7 Å². The lowest BCUT2D eigenvalue weighted by Crippen LogP contribution is -2.35. The third-order valence-corrected chi connectivity index (χ3v) is 4.18. The molecule has 2 aromatic rings. The smallest absolute Gasteiger partial charge is 0.311 e. The Morgan fingerprint density at radius 2 is 1.85 bits per heavy atom. The predicted molar refractivity (Wildman–Crippen MR) is 96.3 cm³/mol. The first-order valence-corrected chi connectivity index (χ1v) is 8.11. The van der Waals surface area contributed by atoms with Crippen LogP contribution in [0.3, 0.4) is 0 Å². The van der Waals surface area contributed by atoms with Crippen LogP contribution in [-0.4, -0.2) is 41.4 Å². The van der Waals surface area contributed by atoms with E-state index in [0.29, 0.717) is 11.3 Å². The van der Waals surface area contributed by atoms with Gasteiger partial charge in [0.25, 0.3) is 5.91 Å². The fraction of sp³-hybridized carbons (Fsp3) is 0.316. The zero-order valence-electron chi connectivity index (χ0n) is 15.3. The van der Waals surface area contributed by atoms with Gasteiger partial charge in [-0.25, -0.2) is 0 Å². The number of nitrogens with zero attached hydrogens (tertiary/aromatic N) is 1. The van der Waals surface area contributed by atoms with Gasteiger partial charge in [-0.1, -0.05) is 12.1 Å². The first-order chi connectivity index (χ1) is 12.2. The molecule has 2 rings (SSSR count). The van der Waals surface area contributed by atoms with Crippen LogP contribution in [0, 0.1) is 20.8 Å². The minimum atomic E-state index is -1.09. The average molecular weight is 358 g/mol. The van der Waals surface area contributed by atoms with Crippen LogP contribution in [0.5, 0.6) is 0 Å². The van der Waals surface area contributed by atoms with Gasteiger partial charge in [0.2, 0.25) is 5.91 Å². The van der Waals surface area contributed by atoms with E-state index in [9.17, 15) is 14.4 Å². The van der Waals surface area contributed by atoms with Gasteiger partial charge in [-0.2, -0.15) is 0 Å². The van der Waals surface area contributed by atoms with Crippen LogP contribution in [-0.2, 0) is 16.0 Å². The molecule has 0 unspecified atom stereocenters. The fourth-order valence-electron chi connectivity index (χ4n) is 2.61. The van der Waals surface area contributed by atoms with Crippen molar-refractivity contribution < 1.29 is 23.9 Å². The summed E-state index contributed by atoms with van der Waals surface area (Å²) in [5.74, 6) is -1.80. The third-order valence-electron chi connectivity index (χ3n) is 4.18. The van der Waals surface area contributed by atoms with Crippen molar-refractivity contribution in [1.29, 1.82) is 0 Å². The second kappa shape index (κ2) is 7.86. The summed E-state index contributed by atoms with van der Waals surface area (Å²) in [6.45, 7) is 5.36. The maximum Gasteiger partial charge on any atom is 0.311 e. The van der Waals surface area contributed by atoms with Crippen LogP contribution in [0.4, 0.5) is 5.69 Å². The molecule has 2 amide bonds. The Kier molecular flexibility index (Phi) is 5.82. The van der Waals surface area contributed by atoms with Crippen molar-refractivity contribution >= 4 is 23.5 Å². The molecular formula is C19H22N2O5. The first kappa shape index (κ1) is 19.2. The van der Waals surface area contributed by atoms with E-state index in [1.807, 2.05) is 26.0 Å². The molecule has 0 saturated carbocycles. The highest BCUT2D eigenvalue weighted by molar-refractivity contribution is 6.01. The molecule has 0 bridgehead atoms. The highest BCUT2D eigenvalue weighted by atomic mass is 16.4. The standard InChI is InChI=1S/C19H22N2O5/c1-11-6-5-7-14(13(11)3)20-16(22)9-21(4)19(25)18-12(2)10-26-15(18)8-17(23)24/h5-7,10H,8-9H2,1-4H3,(H,20,22)(H,23,24). The van der Waals surface area contributed by atoms with E-state index >= 15 is 0 Å². The second-order valence-electron chi connectivity index (χ2n) is 6.24. The van der Waals surface area contributed by atoms with Crippen LogP contribution in [0.1, 0.15) is 32.8 Å². The molecule has 1 heterocycles. The molecule has 7 heteroatoms. The maximum absolute atomic E-state index is 12.6. The van der Waals surface area contributed by atoms with E-state index in [-0.39, 0.29) is 23.8 Å². The zero-order valence-corrected chi connectivity index (χ0v) is 15.3. The summed E-state index contributed by atoms with van der Waals surface area (Å²) in [6.07, 6.45) is 0.951. The number of carboxylic acids is 1. The van der Waals surface area contributed by atoms with Crippen LogP contribution < -0.4 is 5.32 Å². The van der Waals surface area contributed by atoms with Gasteiger partial charge in [-0.3, -0.25) is 14.4 Å². The molecule has 0 aliphatic heterocycles. The minimum absolute atomic E-state index is 0.0850. The largest absolute Gasteiger partial charge is 0.481 e. The molecule has 0 spiro atoms. The molecule has 0 saturated heterocycles. The number of benzene rings is 1. The summed E-state index contributed by atoms with van der Waals surface area (Å²) < 4.78 is 5.18. The Balaban J connectivity index is 2.10. The van der Waals surface area contributed by atoms with E-state index in [2.05, 4.69) is 5.32 Å². The molecule has 7 nitrogen and oxygen atoms in total. The molecule has 2 N–H and O–H groups in total. The Hall–Kier alpha value is -3.09. The van der Waals surface area contributed by atoms with Gasteiger partial charge in [0, 0.05) is 18.3 Å². The van der Waals surface area contributed by atoms with Crippen molar-refractivity contribution in [1.82, 2.24) is 4.90 Å². The Morgan fingerprint density at radius 3 is 2.50 bits per heavy atom. The number of carboxylic acid groups (broad SMARTS) is 1. The van der Waals surface area contributed by atoms with Gasteiger partial charge in [-0.15, -0.1) is 0 Å². The summed E-state index contributed by atoms with van der Waals surface area (Å²) >= 11 is 0. The minimum Gasteiger partial charge on any atom is -0.481 e. The Morgan fingerprint density at radius 1 is 1.15 bits per heavy atom. The van der Waals surface area contributed by atoms with Gasteiger partial charge >= 0.3 is 5.97 Å². The Labute approximate surface area is 151 Å². The number of hydrogen-bond acceptors (Lipinski definition) is 4. The third kappa shape index (κ3) is 4.30. The number of aliphatic carboxylic acids is 1. The van der Waals surface area contributed by atoms with Crippen LogP contribution in [0.2, 0.25) is 0 Å². The summed E-state index contributed by atoms with van der Waals surface area (Å²) in [5.41, 5.74) is 3.44. The quantitative estimate of drug-likeness (QED) is 0.827. The van der Waals surface area contributed by atoms with E-state index in [4.69, 9.17) is 9.52 Å². The van der Waals surface area contributed by atoms with Crippen molar-refractivity contribution in [3.05, 3.63) is 52.5 Å². The number of amides is 2. The van der Waals surface area contributed by atoms with Crippen molar-refractivity contribution in [2.45, 2.75) is 27.2 Å². The number of carbonyl (C=O) groups excluding carboxylic acids is 2. The molecule has 1 aromatic heterocycles. The fourth-order valence-corrected chi connectivity index (χ4v) is 2.61. The predicted octanol–water partition coefficient (Wildman–Crippen LogP) is 2.54. The highest BCUT2D eigenvalue weighted by Crippen LogP contribution is 2.20. The molecule has 0 radical (unpaired) electrons. The van der Waals surface area contributed by atoms with E-state index in [0.717, 1.165) is 11.1 Å². The molecule has 0 aliphatic carbocycles. The van der Waals surface area contributed by atoms with Crippen LogP contribution in [0.25, 0.3) is 0 Å². The van der Waals surface area contributed by atoms with Gasteiger partial charge in [0.15, 0.2) is 0 Å². The van der Waals surface area contributed by atoms with E-state index in [1.54, 1.807) is 13.0 Å². The maximum atomic E-state index is 12.6. The highest BCUT2D eigenvalue weighted by Gasteiger charge is 2.24. The van der Waals surface area contributed by atoms with Crippen molar-refractivity contribution in [3.8, 4) is 0 Å². The summed E-state index contributed by atoms with van der Waals surface area (Å²) in [6, 6.07) is 5.60. The number of aryl methyl sites for hydroxylation is 2. The number of anilines is 1.